The van der Waals surface area contributed by atoms with Gasteiger partial charge in [0.05, 0.1) is 6.61 Å². The van der Waals surface area contributed by atoms with Gasteiger partial charge in [-0.25, -0.2) is 9.67 Å². The van der Waals surface area contributed by atoms with E-state index in [-0.39, 0.29) is 12.5 Å². The molecule has 0 spiro atoms. The van der Waals surface area contributed by atoms with Gasteiger partial charge in [0, 0.05) is 18.4 Å². The van der Waals surface area contributed by atoms with E-state index < -0.39 is 0 Å². The number of hydrogen-bond donors (Lipinski definition) is 1. The van der Waals surface area contributed by atoms with Crippen LogP contribution in [0.4, 0.5) is 0 Å². The van der Waals surface area contributed by atoms with Gasteiger partial charge in [-0.15, -0.1) is 0 Å². The van der Waals surface area contributed by atoms with Gasteiger partial charge in [-0.2, -0.15) is 16.9 Å². The Labute approximate surface area is 106 Å². The smallest absolute Gasteiger partial charge is 0.154 e. The summed E-state index contributed by atoms with van der Waals surface area (Å²) in [7, 11) is 0. The first-order chi connectivity index (χ1) is 8.38. The van der Waals surface area contributed by atoms with Crippen molar-refractivity contribution in [1.82, 2.24) is 14.8 Å². The highest BCUT2D eigenvalue weighted by atomic mass is 32.2. The van der Waals surface area contributed by atoms with Crippen LogP contribution in [0.25, 0.3) is 0 Å². The summed E-state index contributed by atoms with van der Waals surface area (Å²) < 4.78 is 2.03. The fourth-order valence-corrected chi connectivity index (χ4v) is 3.86. The maximum absolute atomic E-state index is 9.37. The zero-order valence-corrected chi connectivity index (χ0v) is 10.8. The summed E-state index contributed by atoms with van der Waals surface area (Å²) in [5, 5.41) is 14.0. The van der Waals surface area contributed by atoms with E-state index in [0.717, 1.165) is 31.0 Å². The molecule has 1 aromatic heterocycles. The molecular formula is C12H19N3OS. The Morgan fingerprint density at radius 2 is 2.12 bits per heavy atom. The van der Waals surface area contributed by atoms with Crippen molar-refractivity contribution >= 4 is 11.8 Å². The molecule has 1 atom stereocenters. The van der Waals surface area contributed by atoms with E-state index in [4.69, 9.17) is 4.98 Å². The van der Waals surface area contributed by atoms with E-state index in [9.17, 15) is 5.11 Å². The number of nitrogens with zero attached hydrogens (tertiary/aromatic N) is 3. The normalized spacial score (nSPS) is 25.8. The van der Waals surface area contributed by atoms with Crippen molar-refractivity contribution in [2.75, 3.05) is 18.1 Å². The fraction of sp³-hybridized carbons (Fsp3) is 0.833. The number of aliphatic hydroxyl groups is 1. The van der Waals surface area contributed by atoms with Crippen molar-refractivity contribution in [1.29, 1.82) is 0 Å². The lowest BCUT2D eigenvalue weighted by Gasteiger charge is -2.19. The molecule has 3 rings (SSSR count). The van der Waals surface area contributed by atoms with Gasteiger partial charge in [0.25, 0.3) is 0 Å². The van der Waals surface area contributed by atoms with Crippen molar-refractivity contribution in [3.05, 3.63) is 11.6 Å². The molecule has 0 aromatic carbocycles. The van der Waals surface area contributed by atoms with Crippen LogP contribution in [0.1, 0.15) is 49.2 Å². The molecule has 1 N–H and O–H groups in total. The molecule has 0 amide bonds. The highest BCUT2D eigenvalue weighted by Gasteiger charge is 2.27. The Kier molecular flexibility index (Phi) is 3.38. The molecular weight excluding hydrogens is 234 g/mol. The minimum Gasteiger partial charge on any atom is -0.396 e. The number of hydrogen-bond acceptors (Lipinski definition) is 4. The van der Waals surface area contributed by atoms with Gasteiger partial charge >= 0.3 is 0 Å². The predicted octanol–water partition coefficient (Wildman–Crippen LogP) is 1.76. The summed E-state index contributed by atoms with van der Waals surface area (Å²) in [5.74, 6) is 5.28. The third-order valence-corrected chi connectivity index (χ3v) is 4.86. The molecule has 0 bridgehead atoms. The van der Waals surface area contributed by atoms with Crippen LogP contribution >= 0.6 is 11.8 Å². The zero-order valence-electron chi connectivity index (χ0n) is 10.0. The van der Waals surface area contributed by atoms with Gasteiger partial charge in [-0.3, -0.25) is 0 Å². The lowest BCUT2D eigenvalue weighted by Crippen LogP contribution is -2.19. The molecule has 2 aliphatic rings. The van der Waals surface area contributed by atoms with Crippen molar-refractivity contribution in [2.24, 2.45) is 0 Å². The Morgan fingerprint density at radius 1 is 1.29 bits per heavy atom. The molecule has 1 saturated heterocycles. The zero-order chi connectivity index (χ0) is 11.7. The van der Waals surface area contributed by atoms with E-state index in [1.54, 1.807) is 0 Å². The van der Waals surface area contributed by atoms with Crippen molar-refractivity contribution < 1.29 is 5.11 Å². The van der Waals surface area contributed by atoms with Gasteiger partial charge in [-0.05, 0) is 37.2 Å². The Balaban J connectivity index is 1.84. The van der Waals surface area contributed by atoms with Gasteiger partial charge in [-0.1, -0.05) is 0 Å². The number of fused-ring (bicyclic) bond motifs is 1. The quantitative estimate of drug-likeness (QED) is 0.872. The summed E-state index contributed by atoms with van der Waals surface area (Å²) in [6, 6.07) is 0. The van der Waals surface area contributed by atoms with Gasteiger partial charge in [0.15, 0.2) is 5.82 Å². The number of rotatable bonds is 2. The van der Waals surface area contributed by atoms with E-state index in [0.29, 0.717) is 5.92 Å². The Hall–Kier alpha value is -0.550. The van der Waals surface area contributed by atoms with Gasteiger partial charge in [0.2, 0.25) is 0 Å². The van der Waals surface area contributed by atoms with Crippen molar-refractivity contribution in [3.63, 3.8) is 0 Å². The lowest BCUT2D eigenvalue weighted by atomic mass is 10.00. The van der Waals surface area contributed by atoms with E-state index in [1.807, 2.05) is 16.4 Å². The van der Waals surface area contributed by atoms with Crippen LogP contribution in [0.3, 0.4) is 0 Å². The number of thioether (sulfide) groups is 1. The van der Waals surface area contributed by atoms with Crippen LogP contribution in [-0.4, -0.2) is 38.0 Å². The summed E-state index contributed by atoms with van der Waals surface area (Å²) >= 11 is 2.03. The van der Waals surface area contributed by atoms with Crippen LogP contribution in [0.15, 0.2) is 0 Å². The Morgan fingerprint density at radius 3 is 2.88 bits per heavy atom. The average molecular weight is 253 g/mol. The molecule has 0 saturated carbocycles. The van der Waals surface area contributed by atoms with Crippen molar-refractivity contribution in [3.8, 4) is 0 Å². The predicted molar refractivity (Wildman–Crippen MR) is 68.4 cm³/mol. The second-order valence-electron chi connectivity index (χ2n) is 4.96. The maximum atomic E-state index is 9.37. The van der Waals surface area contributed by atoms with E-state index in [2.05, 4.69) is 5.10 Å². The van der Waals surface area contributed by atoms with Crippen LogP contribution in [-0.2, 0) is 6.54 Å². The van der Waals surface area contributed by atoms with E-state index in [1.165, 1.54) is 24.3 Å². The highest BCUT2D eigenvalue weighted by Crippen LogP contribution is 2.32. The number of aromatic nitrogens is 3. The second kappa shape index (κ2) is 4.98. The second-order valence-corrected chi connectivity index (χ2v) is 6.18. The fourth-order valence-electron chi connectivity index (χ4n) is 2.76. The van der Waals surface area contributed by atoms with Crippen LogP contribution in [0, 0.1) is 0 Å². The largest absolute Gasteiger partial charge is 0.396 e. The molecule has 5 heteroatoms. The SMILES string of the molecule is OCC1CCCn2nc(C3CCSCC3)nc21. The summed E-state index contributed by atoms with van der Waals surface area (Å²) in [6.45, 7) is 1.18. The summed E-state index contributed by atoms with van der Waals surface area (Å²) in [4.78, 5) is 4.71. The molecule has 4 nitrogen and oxygen atoms in total. The molecule has 1 fully saturated rings. The highest BCUT2D eigenvalue weighted by molar-refractivity contribution is 7.99. The molecule has 17 heavy (non-hydrogen) atoms. The van der Waals surface area contributed by atoms with Crippen molar-refractivity contribution in [2.45, 2.75) is 44.1 Å². The molecule has 0 aliphatic carbocycles. The number of aliphatic hydroxyl groups excluding tert-OH is 1. The lowest BCUT2D eigenvalue weighted by molar-refractivity contribution is 0.234. The van der Waals surface area contributed by atoms with E-state index >= 15 is 0 Å². The number of aryl methyl sites for hydroxylation is 1. The molecule has 3 heterocycles. The summed E-state index contributed by atoms with van der Waals surface area (Å²) in [6.07, 6.45) is 4.58. The molecule has 1 aromatic rings. The Bertz CT molecular complexity index is 387. The molecule has 0 radical (unpaired) electrons. The van der Waals surface area contributed by atoms with Crippen LogP contribution in [0.5, 0.6) is 0 Å². The van der Waals surface area contributed by atoms with Crippen LogP contribution < -0.4 is 0 Å². The standard InChI is InChI=1S/C12H19N3OS/c16-8-10-2-1-5-15-12(10)13-11(14-15)9-3-6-17-7-4-9/h9-10,16H,1-8H2. The third kappa shape index (κ3) is 2.22. The monoisotopic (exact) mass is 253 g/mol. The average Bonchev–Trinajstić information content (AvgIpc) is 2.83. The topological polar surface area (TPSA) is 50.9 Å². The first kappa shape index (κ1) is 11.5. The first-order valence-corrected chi connectivity index (χ1v) is 7.67. The minimum absolute atomic E-state index is 0.207. The maximum Gasteiger partial charge on any atom is 0.154 e. The third-order valence-electron chi connectivity index (χ3n) is 3.81. The first-order valence-electron chi connectivity index (χ1n) is 6.51. The van der Waals surface area contributed by atoms with Gasteiger partial charge < -0.3 is 5.11 Å². The molecule has 94 valence electrons. The molecule has 2 aliphatic heterocycles. The minimum atomic E-state index is 0.207. The summed E-state index contributed by atoms with van der Waals surface area (Å²) in [5.41, 5.74) is 0. The molecule has 1 unspecified atom stereocenters. The van der Waals surface area contributed by atoms with Gasteiger partial charge in [0.1, 0.15) is 5.82 Å². The van der Waals surface area contributed by atoms with Crippen LogP contribution in [0.2, 0.25) is 0 Å².